The monoisotopic (exact) mass is 370 g/mol. The van der Waals surface area contributed by atoms with E-state index in [0.717, 1.165) is 12.1 Å². The van der Waals surface area contributed by atoms with Crippen molar-refractivity contribution >= 4 is 29.9 Å². The Morgan fingerprint density at radius 3 is 2.96 bits per heavy atom. The molecule has 0 radical (unpaired) electrons. The molecule has 1 saturated heterocycles. The van der Waals surface area contributed by atoms with Crippen LogP contribution in [0.25, 0.3) is 0 Å². The Morgan fingerprint density at radius 1 is 1.46 bits per heavy atom. The van der Waals surface area contributed by atoms with Gasteiger partial charge in [-0.15, -0.1) is 12.4 Å². The molecule has 0 bridgehead atoms. The second kappa shape index (κ2) is 8.46. The van der Waals surface area contributed by atoms with Crippen LogP contribution < -0.4 is 5.32 Å². The molecule has 0 spiro atoms. The maximum absolute atomic E-state index is 12.6. The van der Waals surface area contributed by atoms with Crippen LogP contribution in [0.3, 0.4) is 0 Å². The summed E-state index contributed by atoms with van der Waals surface area (Å²) in [6.45, 7) is 3.91. The van der Waals surface area contributed by atoms with Gasteiger partial charge in [0.05, 0.1) is 6.04 Å². The Hall–Kier alpha value is -1.63. The molecule has 1 aromatic carbocycles. The van der Waals surface area contributed by atoms with E-state index in [-0.39, 0.29) is 24.4 Å². The molecule has 0 saturated carbocycles. The number of carbonyl (C=O) groups excluding carboxylic acids is 1. The summed E-state index contributed by atoms with van der Waals surface area (Å²) in [6.07, 6.45) is 0.807. The van der Waals surface area contributed by atoms with Crippen LogP contribution in [0.15, 0.2) is 28.8 Å². The highest BCUT2D eigenvalue weighted by Gasteiger charge is 2.29. The Balaban J connectivity index is 0.00000208. The number of piperazine rings is 1. The van der Waals surface area contributed by atoms with Crippen molar-refractivity contribution in [2.75, 3.05) is 19.6 Å². The highest BCUT2D eigenvalue weighted by atomic mass is 35.5. The summed E-state index contributed by atoms with van der Waals surface area (Å²) in [4.78, 5) is 18.7. The lowest BCUT2D eigenvalue weighted by Gasteiger charge is -2.37. The molecule has 1 amide bonds. The molecule has 0 aliphatic carbocycles. The summed E-state index contributed by atoms with van der Waals surface area (Å²) < 4.78 is 5.07. The standard InChI is InChI=1S/C16H19ClN4O2.ClH/c1-11-19-15(23-20-11)6-7-16(22)21-9-8-18-10-14(21)12-4-2-3-5-13(12)17;/h2-5,14,18H,6-10H2,1H3;1H. The number of nitrogens with zero attached hydrogens (tertiary/aromatic N) is 3. The van der Waals surface area contributed by atoms with Gasteiger partial charge in [0.1, 0.15) is 0 Å². The van der Waals surface area contributed by atoms with E-state index in [4.69, 9.17) is 16.1 Å². The second-order valence-corrected chi connectivity index (χ2v) is 5.97. The van der Waals surface area contributed by atoms with Gasteiger partial charge in [-0.2, -0.15) is 4.98 Å². The molecule has 1 aliphatic heterocycles. The third-order valence-corrected chi connectivity index (χ3v) is 4.29. The number of amides is 1. The molecule has 2 heterocycles. The molecule has 1 N–H and O–H groups in total. The summed E-state index contributed by atoms with van der Waals surface area (Å²) in [5, 5.41) is 7.76. The first-order chi connectivity index (χ1) is 11.1. The van der Waals surface area contributed by atoms with E-state index >= 15 is 0 Å². The van der Waals surface area contributed by atoms with Crippen LogP contribution in [0.2, 0.25) is 5.02 Å². The first-order valence-electron chi connectivity index (χ1n) is 7.69. The fourth-order valence-corrected chi connectivity index (χ4v) is 3.09. The molecule has 1 unspecified atom stereocenters. The summed E-state index contributed by atoms with van der Waals surface area (Å²) in [5.41, 5.74) is 0.975. The maximum atomic E-state index is 12.6. The minimum atomic E-state index is -0.0469. The van der Waals surface area contributed by atoms with E-state index in [1.54, 1.807) is 6.92 Å². The zero-order chi connectivity index (χ0) is 16.2. The van der Waals surface area contributed by atoms with Crippen molar-refractivity contribution in [1.82, 2.24) is 20.4 Å². The molecule has 6 nitrogen and oxygen atoms in total. The van der Waals surface area contributed by atoms with E-state index in [1.165, 1.54) is 0 Å². The van der Waals surface area contributed by atoms with Crippen LogP contribution in [0.1, 0.15) is 29.7 Å². The average molecular weight is 371 g/mol. The van der Waals surface area contributed by atoms with Crippen molar-refractivity contribution in [3.05, 3.63) is 46.6 Å². The lowest BCUT2D eigenvalue weighted by atomic mass is 10.0. The van der Waals surface area contributed by atoms with Crippen molar-refractivity contribution in [2.24, 2.45) is 0 Å². The highest BCUT2D eigenvalue weighted by Crippen LogP contribution is 2.29. The average Bonchev–Trinajstić information content (AvgIpc) is 2.99. The van der Waals surface area contributed by atoms with Crippen LogP contribution >= 0.6 is 24.0 Å². The smallest absolute Gasteiger partial charge is 0.227 e. The van der Waals surface area contributed by atoms with Crippen LogP contribution in [-0.2, 0) is 11.2 Å². The molecule has 3 rings (SSSR count). The zero-order valence-corrected chi connectivity index (χ0v) is 14.9. The Bertz CT molecular complexity index is 692. The van der Waals surface area contributed by atoms with Crippen molar-refractivity contribution in [2.45, 2.75) is 25.8 Å². The van der Waals surface area contributed by atoms with Gasteiger partial charge < -0.3 is 14.7 Å². The van der Waals surface area contributed by atoms with Gasteiger partial charge in [0.25, 0.3) is 0 Å². The normalized spacial score (nSPS) is 17.4. The third kappa shape index (κ3) is 4.26. The lowest BCUT2D eigenvalue weighted by molar-refractivity contribution is -0.134. The molecule has 1 atom stereocenters. The number of hydrogen-bond donors (Lipinski definition) is 1. The number of aromatic nitrogens is 2. The molecule has 24 heavy (non-hydrogen) atoms. The molecule has 1 aromatic heterocycles. The quantitative estimate of drug-likeness (QED) is 0.895. The summed E-state index contributed by atoms with van der Waals surface area (Å²) in [6, 6.07) is 7.62. The van der Waals surface area contributed by atoms with Gasteiger partial charge in [-0.1, -0.05) is 35.0 Å². The van der Waals surface area contributed by atoms with Crippen LogP contribution in [0.4, 0.5) is 0 Å². The van der Waals surface area contributed by atoms with Gasteiger partial charge in [-0.05, 0) is 18.6 Å². The first kappa shape index (κ1) is 18.7. The predicted octanol–water partition coefficient (Wildman–Crippen LogP) is 2.56. The molecule has 1 aliphatic rings. The van der Waals surface area contributed by atoms with Crippen molar-refractivity contribution < 1.29 is 9.32 Å². The number of hydrogen-bond acceptors (Lipinski definition) is 5. The number of carbonyl (C=O) groups is 1. The van der Waals surface area contributed by atoms with Gasteiger partial charge in [-0.25, -0.2) is 0 Å². The Morgan fingerprint density at radius 2 is 2.25 bits per heavy atom. The second-order valence-electron chi connectivity index (χ2n) is 5.56. The molecule has 2 aromatic rings. The van der Waals surface area contributed by atoms with E-state index in [1.807, 2.05) is 29.2 Å². The van der Waals surface area contributed by atoms with Gasteiger partial charge in [0, 0.05) is 37.5 Å². The van der Waals surface area contributed by atoms with Crippen molar-refractivity contribution in [3.63, 3.8) is 0 Å². The maximum Gasteiger partial charge on any atom is 0.227 e. The highest BCUT2D eigenvalue weighted by molar-refractivity contribution is 6.31. The molecule has 8 heteroatoms. The topological polar surface area (TPSA) is 71.3 Å². The third-order valence-electron chi connectivity index (χ3n) is 3.95. The summed E-state index contributed by atoms with van der Waals surface area (Å²) >= 11 is 6.30. The minimum absolute atomic E-state index is 0. The lowest BCUT2D eigenvalue weighted by Crippen LogP contribution is -2.48. The van der Waals surface area contributed by atoms with E-state index in [0.29, 0.717) is 42.7 Å². The van der Waals surface area contributed by atoms with Gasteiger partial charge in [-0.3, -0.25) is 4.79 Å². The zero-order valence-electron chi connectivity index (χ0n) is 13.4. The summed E-state index contributed by atoms with van der Waals surface area (Å²) in [5.74, 6) is 1.16. The van der Waals surface area contributed by atoms with Crippen LogP contribution in [0, 0.1) is 6.92 Å². The Kier molecular flexibility index (Phi) is 6.60. The fourth-order valence-electron chi connectivity index (χ4n) is 2.83. The minimum Gasteiger partial charge on any atom is -0.339 e. The van der Waals surface area contributed by atoms with Gasteiger partial charge >= 0.3 is 0 Å². The van der Waals surface area contributed by atoms with Crippen molar-refractivity contribution in [3.8, 4) is 0 Å². The number of benzene rings is 1. The number of rotatable bonds is 4. The number of aryl methyl sites for hydroxylation is 2. The molecular weight excluding hydrogens is 351 g/mol. The molecule has 130 valence electrons. The summed E-state index contributed by atoms with van der Waals surface area (Å²) in [7, 11) is 0. The van der Waals surface area contributed by atoms with E-state index in [2.05, 4.69) is 15.5 Å². The van der Waals surface area contributed by atoms with E-state index in [9.17, 15) is 4.79 Å². The Labute approximate surface area is 152 Å². The van der Waals surface area contributed by atoms with Crippen molar-refractivity contribution in [1.29, 1.82) is 0 Å². The van der Waals surface area contributed by atoms with Crippen LogP contribution in [0.5, 0.6) is 0 Å². The number of halogens is 2. The first-order valence-corrected chi connectivity index (χ1v) is 8.07. The SMILES string of the molecule is Cc1noc(CCC(=O)N2CCNCC2c2ccccc2Cl)n1.Cl. The number of nitrogens with one attached hydrogen (secondary N) is 1. The van der Waals surface area contributed by atoms with E-state index < -0.39 is 0 Å². The van der Waals surface area contributed by atoms with Gasteiger partial charge in [0.15, 0.2) is 5.82 Å². The predicted molar refractivity (Wildman–Crippen MR) is 93.4 cm³/mol. The molecule has 1 fully saturated rings. The van der Waals surface area contributed by atoms with Gasteiger partial charge in [0.2, 0.25) is 11.8 Å². The van der Waals surface area contributed by atoms with Crippen LogP contribution in [-0.4, -0.2) is 40.6 Å². The fraction of sp³-hybridized carbons (Fsp3) is 0.438. The largest absolute Gasteiger partial charge is 0.339 e. The molecular formula is C16H20Cl2N4O2.